The average molecular weight is 414 g/mol. The van der Waals surface area contributed by atoms with Crippen molar-refractivity contribution >= 4 is 45.8 Å². The quantitative estimate of drug-likeness (QED) is 0.554. The fraction of sp³-hybridized carbons (Fsp3) is 0.0526. The molecule has 0 saturated carbocycles. The monoisotopic (exact) mass is 413 g/mol. The molecule has 2 aromatic heterocycles. The first-order chi connectivity index (χ1) is 13.5. The Morgan fingerprint density at radius 2 is 1.86 bits per heavy atom. The van der Waals surface area contributed by atoms with Gasteiger partial charge in [0.25, 0.3) is 5.56 Å². The summed E-state index contributed by atoms with van der Waals surface area (Å²) < 4.78 is 2.78. The highest BCUT2D eigenvalue weighted by atomic mass is 35.5. The normalized spacial score (nSPS) is 10.9. The largest absolute Gasteiger partial charge is 0.324 e. The van der Waals surface area contributed by atoms with E-state index in [4.69, 9.17) is 23.2 Å². The third kappa shape index (κ3) is 3.62. The van der Waals surface area contributed by atoms with Gasteiger partial charge in [-0.2, -0.15) is 5.10 Å². The lowest BCUT2D eigenvalue weighted by Crippen LogP contribution is -2.27. The van der Waals surface area contributed by atoms with Crippen molar-refractivity contribution in [2.45, 2.75) is 6.54 Å². The summed E-state index contributed by atoms with van der Waals surface area (Å²) in [5.41, 5.74) is 1.32. The second-order valence-corrected chi connectivity index (χ2v) is 6.88. The van der Waals surface area contributed by atoms with Crippen molar-refractivity contribution in [1.29, 1.82) is 0 Å². The van der Waals surface area contributed by atoms with Crippen LogP contribution in [0.15, 0.2) is 65.8 Å². The number of hydrogen-bond donors (Lipinski definition) is 1. The van der Waals surface area contributed by atoms with Crippen LogP contribution in [0, 0.1) is 0 Å². The van der Waals surface area contributed by atoms with E-state index < -0.39 is 0 Å². The van der Waals surface area contributed by atoms with Gasteiger partial charge in [-0.25, -0.2) is 9.67 Å². The molecule has 4 aromatic rings. The molecule has 0 unspecified atom stereocenters. The summed E-state index contributed by atoms with van der Waals surface area (Å²) in [6.07, 6.45) is 2.76. The molecule has 1 amide bonds. The summed E-state index contributed by atoms with van der Waals surface area (Å²) in [6.45, 7) is -0.180. The standard InChI is InChI=1S/C19H13Cl2N5O2/c20-12-4-6-15(7-5-12)26-18-16(9-23-26)19(28)25(11-22-18)10-17(27)24-14-3-1-2-13(21)8-14/h1-9,11H,10H2,(H,24,27). The van der Waals surface area contributed by atoms with Crippen molar-refractivity contribution < 1.29 is 4.79 Å². The van der Waals surface area contributed by atoms with Crippen LogP contribution < -0.4 is 10.9 Å². The zero-order valence-electron chi connectivity index (χ0n) is 14.3. The van der Waals surface area contributed by atoms with Crippen molar-refractivity contribution in [3.63, 3.8) is 0 Å². The summed E-state index contributed by atoms with van der Waals surface area (Å²) >= 11 is 11.8. The first kappa shape index (κ1) is 18.2. The van der Waals surface area contributed by atoms with Crippen LogP contribution in [0.1, 0.15) is 0 Å². The highest BCUT2D eigenvalue weighted by Gasteiger charge is 2.13. The lowest BCUT2D eigenvalue weighted by molar-refractivity contribution is -0.116. The summed E-state index contributed by atoms with van der Waals surface area (Å²) in [5, 5.41) is 8.35. The van der Waals surface area contributed by atoms with E-state index in [1.807, 2.05) is 0 Å². The van der Waals surface area contributed by atoms with Gasteiger partial charge >= 0.3 is 0 Å². The number of halogens is 2. The summed E-state index contributed by atoms with van der Waals surface area (Å²) in [7, 11) is 0. The minimum atomic E-state index is -0.365. The van der Waals surface area contributed by atoms with Gasteiger partial charge < -0.3 is 5.32 Å². The second-order valence-electron chi connectivity index (χ2n) is 6.01. The SMILES string of the molecule is O=C(Cn1cnc2c(cnn2-c2ccc(Cl)cc2)c1=O)Nc1cccc(Cl)c1. The molecule has 0 saturated heterocycles. The third-order valence-electron chi connectivity index (χ3n) is 4.05. The zero-order chi connectivity index (χ0) is 19.7. The van der Waals surface area contributed by atoms with E-state index in [1.54, 1.807) is 53.2 Å². The predicted molar refractivity (Wildman–Crippen MR) is 108 cm³/mol. The number of anilines is 1. The Labute approximate surface area is 169 Å². The number of nitrogens with zero attached hydrogens (tertiary/aromatic N) is 4. The van der Waals surface area contributed by atoms with Crippen LogP contribution in [-0.4, -0.2) is 25.2 Å². The third-order valence-corrected chi connectivity index (χ3v) is 4.54. The van der Waals surface area contributed by atoms with Crippen LogP contribution >= 0.6 is 23.2 Å². The first-order valence-corrected chi connectivity index (χ1v) is 9.01. The van der Waals surface area contributed by atoms with Gasteiger partial charge in [0.2, 0.25) is 5.91 Å². The molecule has 1 N–H and O–H groups in total. The lowest BCUT2D eigenvalue weighted by Gasteiger charge is -2.08. The first-order valence-electron chi connectivity index (χ1n) is 8.26. The second kappa shape index (κ2) is 7.46. The number of amides is 1. The van der Waals surface area contributed by atoms with Crippen molar-refractivity contribution in [2.75, 3.05) is 5.32 Å². The van der Waals surface area contributed by atoms with E-state index in [-0.39, 0.29) is 18.0 Å². The Bertz CT molecular complexity index is 1230. The Balaban J connectivity index is 1.61. The fourth-order valence-electron chi connectivity index (χ4n) is 2.75. The molecule has 0 bridgehead atoms. The number of nitrogens with one attached hydrogen (secondary N) is 1. The van der Waals surface area contributed by atoms with Crippen molar-refractivity contribution in [3.8, 4) is 5.69 Å². The minimum absolute atomic E-state index is 0.180. The van der Waals surface area contributed by atoms with Crippen molar-refractivity contribution in [3.05, 3.63) is 81.5 Å². The maximum Gasteiger partial charge on any atom is 0.264 e. The van der Waals surface area contributed by atoms with Gasteiger partial charge in [-0.1, -0.05) is 29.3 Å². The summed E-state index contributed by atoms with van der Waals surface area (Å²) in [6, 6.07) is 13.8. The van der Waals surface area contributed by atoms with E-state index in [9.17, 15) is 9.59 Å². The fourth-order valence-corrected chi connectivity index (χ4v) is 3.07. The van der Waals surface area contributed by atoms with Crippen molar-refractivity contribution in [1.82, 2.24) is 19.3 Å². The summed E-state index contributed by atoms with van der Waals surface area (Å²) in [4.78, 5) is 29.3. The maximum absolute atomic E-state index is 12.7. The van der Waals surface area contributed by atoms with E-state index in [1.165, 1.54) is 17.1 Å². The van der Waals surface area contributed by atoms with Crippen LogP contribution in [0.3, 0.4) is 0 Å². The Kier molecular flexibility index (Phi) is 4.85. The molecule has 0 radical (unpaired) electrons. The van der Waals surface area contributed by atoms with E-state index in [0.717, 1.165) is 5.69 Å². The van der Waals surface area contributed by atoms with Crippen molar-refractivity contribution in [2.24, 2.45) is 0 Å². The molecule has 4 rings (SSSR count). The molecule has 0 aliphatic rings. The average Bonchev–Trinajstić information content (AvgIpc) is 3.09. The molecule has 0 spiro atoms. The number of aromatic nitrogens is 4. The van der Waals surface area contributed by atoms with Crippen LogP contribution in [0.4, 0.5) is 5.69 Å². The predicted octanol–water partition coefficient (Wildman–Crippen LogP) is 3.53. The van der Waals surface area contributed by atoms with Gasteiger partial charge in [0, 0.05) is 15.7 Å². The molecule has 2 heterocycles. The smallest absolute Gasteiger partial charge is 0.264 e. The van der Waals surface area contributed by atoms with Crippen LogP contribution in [-0.2, 0) is 11.3 Å². The molecule has 9 heteroatoms. The van der Waals surface area contributed by atoms with Gasteiger partial charge in [-0.15, -0.1) is 0 Å². The minimum Gasteiger partial charge on any atom is -0.324 e. The van der Waals surface area contributed by atoms with Gasteiger partial charge in [0.15, 0.2) is 5.65 Å². The number of fused-ring (bicyclic) bond motifs is 1. The molecular formula is C19H13Cl2N5O2. The topological polar surface area (TPSA) is 81.8 Å². The van der Waals surface area contributed by atoms with E-state index in [0.29, 0.717) is 26.8 Å². The maximum atomic E-state index is 12.7. The number of hydrogen-bond acceptors (Lipinski definition) is 4. The number of rotatable bonds is 4. The summed E-state index contributed by atoms with van der Waals surface area (Å²) in [5.74, 6) is -0.365. The molecule has 28 heavy (non-hydrogen) atoms. The molecule has 7 nitrogen and oxygen atoms in total. The Hall–Kier alpha value is -3.16. The van der Waals surface area contributed by atoms with E-state index in [2.05, 4.69) is 15.4 Å². The number of benzene rings is 2. The molecule has 140 valence electrons. The van der Waals surface area contributed by atoms with Gasteiger partial charge in [0.05, 0.1) is 11.9 Å². The van der Waals surface area contributed by atoms with Crippen LogP contribution in [0.5, 0.6) is 0 Å². The van der Waals surface area contributed by atoms with Crippen LogP contribution in [0.25, 0.3) is 16.7 Å². The molecule has 2 aromatic carbocycles. The number of carbonyl (C=O) groups is 1. The van der Waals surface area contributed by atoms with Crippen LogP contribution in [0.2, 0.25) is 10.0 Å². The van der Waals surface area contributed by atoms with Gasteiger partial charge in [-0.3, -0.25) is 14.2 Å². The highest BCUT2D eigenvalue weighted by Crippen LogP contribution is 2.17. The Morgan fingerprint density at radius 1 is 1.07 bits per heavy atom. The number of carbonyl (C=O) groups excluding carboxylic acids is 1. The molecule has 0 aliphatic carbocycles. The Morgan fingerprint density at radius 3 is 2.61 bits per heavy atom. The lowest BCUT2D eigenvalue weighted by atomic mass is 10.3. The zero-order valence-corrected chi connectivity index (χ0v) is 15.9. The molecule has 0 atom stereocenters. The van der Waals surface area contributed by atoms with Gasteiger partial charge in [0.1, 0.15) is 18.3 Å². The molecule has 0 fully saturated rings. The highest BCUT2D eigenvalue weighted by molar-refractivity contribution is 6.31. The molecular weight excluding hydrogens is 401 g/mol. The van der Waals surface area contributed by atoms with E-state index >= 15 is 0 Å². The van der Waals surface area contributed by atoms with Gasteiger partial charge in [-0.05, 0) is 42.5 Å². The molecule has 0 aliphatic heterocycles.